The molecule has 6 rings (SSSR count). The van der Waals surface area contributed by atoms with Gasteiger partial charge in [-0.05, 0) is 74.5 Å². The highest BCUT2D eigenvalue weighted by Gasteiger charge is 2.63. The van der Waals surface area contributed by atoms with Crippen LogP contribution in [0.4, 0.5) is 0 Å². The van der Waals surface area contributed by atoms with Crippen molar-refractivity contribution in [2.24, 2.45) is 34.6 Å². The lowest BCUT2D eigenvalue weighted by Crippen LogP contribution is -2.65. The van der Waals surface area contributed by atoms with Crippen molar-refractivity contribution in [3.8, 4) is 0 Å². The summed E-state index contributed by atoms with van der Waals surface area (Å²) in [6.45, 7) is 0. The van der Waals surface area contributed by atoms with Gasteiger partial charge in [0.05, 0.1) is 11.6 Å². The molecule has 2 amide bonds. The minimum atomic E-state index is -0.627. The molecule has 6 heteroatoms. The third-order valence-electron chi connectivity index (χ3n) is 7.69. The van der Waals surface area contributed by atoms with Gasteiger partial charge in [-0.3, -0.25) is 9.59 Å². The number of primary amides is 1. The zero-order valence-corrected chi connectivity index (χ0v) is 14.0. The number of aliphatic hydroxyl groups is 1. The fourth-order valence-corrected chi connectivity index (χ4v) is 7.10. The van der Waals surface area contributed by atoms with E-state index in [1.165, 1.54) is 6.42 Å². The molecule has 132 valence electrons. The smallest absolute Gasteiger partial charge is 0.241 e. The predicted molar refractivity (Wildman–Crippen MR) is 86.4 cm³/mol. The van der Waals surface area contributed by atoms with Crippen LogP contribution >= 0.6 is 0 Å². The Morgan fingerprint density at radius 3 is 2.33 bits per heavy atom. The molecule has 6 aliphatic rings. The second-order valence-corrected chi connectivity index (χ2v) is 9.49. The van der Waals surface area contributed by atoms with Crippen LogP contribution in [0.1, 0.15) is 51.4 Å². The number of fused-ring (bicyclic) bond motifs is 1. The third-order valence-corrected chi connectivity index (χ3v) is 7.69. The number of piperidine rings is 1. The molecular formula is C18H27N3O3. The average Bonchev–Trinajstić information content (AvgIpc) is 3.13. The van der Waals surface area contributed by atoms with E-state index in [2.05, 4.69) is 0 Å². The third kappa shape index (κ3) is 1.96. The normalized spacial score (nSPS) is 52.2. The monoisotopic (exact) mass is 333 g/mol. The van der Waals surface area contributed by atoms with Gasteiger partial charge in [0.1, 0.15) is 6.04 Å². The maximum Gasteiger partial charge on any atom is 0.241 e. The van der Waals surface area contributed by atoms with Gasteiger partial charge in [0.25, 0.3) is 0 Å². The highest BCUT2D eigenvalue weighted by molar-refractivity contribution is 5.91. The van der Waals surface area contributed by atoms with Crippen LogP contribution in [0.5, 0.6) is 0 Å². The number of likely N-dealkylation sites (tertiary alicyclic amines) is 1. The fourth-order valence-electron chi connectivity index (χ4n) is 7.10. The maximum absolute atomic E-state index is 13.2. The van der Waals surface area contributed by atoms with E-state index in [1.807, 2.05) is 0 Å². The van der Waals surface area contributed by atoms with Crippen molar-refractivity contribution in [1.29, 1.82) is 0 Å². The summed E-state index contributed by atoms with van der Waals surface area (Å²) in [5, 5.41) is 10.9. The van der Waals surface area contributed by atoms with Gasteiger partial charge >= 0.3 is 0 Å². The number of amides is 2. The first-order chi connectivity index (χ1) is 11.3. The van der Waals surface area contributed by atoms with Crippen LogP contribution < -0.4 is 11.5 Å². The van der Waals surface area contributed by atoms with Gasteiger partial charge in [-0.1, -0.05) is 0 Å². The van der Waals surface area contributed by atoms with Gasteiger partial charge in [-0.15, -0.1) is 0 Å². The summed E-state index contributed by atoms with van der Waals surface area (Å²) in [6.07, 6.45) is 7.11. The van der Waals surface area contributed by atoms with E-state index in [1.54, 1.807) is 4.90 Å². The molecule has 0 aromatic carbocycles. The second-order valence-electron chi connectivity index (χ2n) is 9.49. The number of carbonyl (C=O) groups is 2. The van der Waals surface area contributed by atoms with E-state index in [9.17, 15) is 14.7 Å². The highest BCUT2D eigenvalue weighted by atomic mass is 16.3. The van der Waals surface area contributed by atoms with Crippen LogP contribution in [0.25, 0.3) is 0 Å². The van der Waals surface area contributed by atoms with Gasteiger partial charge < -0.3 is 21.5 Å². The zero-order chi connectivity index (χ0) is 16.9. The Labute approximate surface area is 141 Å². The molecule has 6 unspecified atom stereocenters. The standard InChI is InChI=1S/C18H27N3O3/c19-14(16(23)21-12-2-11(12)3-13(21)15(20)22)17-4-9-1-10(5-17)7-18(24,6-9)8-17/h9-14,24H,1-8,19H2,(H2,20,22). The molecule has 0 radical (unpaired) electrons. The molecule has 1 heterocycles. The van der Waals surface area contributed by atoms with E-state index in [0.29, 0.717) is 30.6 Å². The Hall–Kier alpha value is -1.14. The molecule has 1 aliphatic heterocycles. The van der Waals surface area contributed by atoms with Crippen molar-refractivity contribution in [2.75, 3.05) is 0 Å². The van der Waals surface area contributed by atoms with Crippen LogP contribution in [0, 0.1) is 23.2 Å². The number of carbonyl (C=O) groups excluding carboxylic acids is 2. The van der Waals surface area contributed by atoms with E-state index in [4.69, 9.17) is 11.5 Å². The van der Waals surface area contributed by atoms with Crippen LogP contribution in [-0.4, -0.2) is 45.5 Å². The van der Waals surface area contributed by atoms with Crippen LogP contribution in [0.3, 0.4) is 0 Å². The van der Waals surface area contributed by atoms with Gasteiger partial charge in [-0.2, -0.15) is 0 Å². The van der Waals surface area contributed by atoms with E-state index < -0.39 is 23.6 Å². The topological polar surface area (TPSA) is 110 Å². The van der Waals surface area contributed by atoms with Crippen LogP contribution in [0.2, 0.25) is 0 Å². The van der Waals surface area contributed by atoms with Gasteiger partial charge in [0, 0.05) is 6.04 Å². The summed E-state index contributed by atoms with van der Waals surface area (Å²) < 4.78 is 0. The molecule has 5 N–H and O–H groups in total. The quantitative estimate of drug-likeness (QED) is 0.681. The molecule has 0 spiro atoms. The van der Waals surface area contributed by atoms with Crippen molar-refractivity contribution in [3.05, 3.63) is 0 Å². The molecule has 4 bridgehead atoms. The SMILES string of the molecule is NC(=O)C1CC2CC2N1C(=O)C(N)C12CC3CC(CC(O)(C3)C1)C2. The minimum absolute atomic E-state index is 0.102. The second kappa shape index (κ2) is 4.52. The Morgan fingerprint density at radius 1 is 1.08 bits per heavy atom. The highest BCUT2D eigenvalue weighted by Crippen LogP contribution is 2.63. The van der Waals surface area contributed by atoms with Crippen LogP contribution in [0.15, 0.2) is 0 Å². The first kappa shape index (κ1) is 15.1. The minimum Gasteiger partial charge on any atom is -0.390 e. The summed E-state index contributed by atoms with van der Waals surface area (Å²) in [5.41, 5.74) is 11.2. The Kier molecular flexibility index (Phi) is 2.85. The molecule has 6 fully saturated rings. The van der Waals surface area contributed by atoms with Crippen molar-refractivity contribution in [3.63, 3.8) is 0 Å². The molecule has 6 nitrogen and oxygen atoms in total. The van der Waals surface area contributed by atoms with E-state index >= 15 is 0 Å². The summed E-state index contributed by atoms with van der Waals surface area (Å²) >= 11 is 0. The molecule has 1 saturated heterocycles. The molecule has 0 aromatic rings. The Morgan fingerprint density at radius 2 is 1.75 bits per heavy atom. The van der Waals surface area contributed by atoms with E-state index in [-0.39, 0.29) is 17.4 Å². The van der Waals surface area contributed by atoms with Crippen molar-refractivity contribution < 1.29 is 14.7 Å². The van der Waals surface area contributed by atoms with E-state index in [0.717, 1.165) is 32.1 Å². The van der Waals surface area contributed by atoms with Crippen LogP contribution in [-0.2, 0) is 9.59 Å². The van der Waals surface area contributed by atoms with Crippen molar-refractivity contribution >= 4 is 11.8 Å². The summed E-state index contributed by atoms with van der Waals surface area (Å²) in [5.74, 6) is 0.906. The summed E-state index contributed by atoms with van der Waals surface area (Å²) in [7, 11) is 0. The van der Waals surface area contributed by atoms with Gasteiger partial charge in [0.15, 0.2) is 0 Å². The van der Waals surface area contributed by atoms with Gasteiger partial charge in [0.2, 0.25) is 11.8 Å². The van der Waals surface area contributed by atoms with Crippen molar-refractivity contribution in [1.82, 2.24) is 4.90 Å². The lowest BCUT2D eigenvalue weighted by atomic mass is 9.46. The molecular weight excluding hydrogens is 306 g/mol. The number of nitrogens with two attached hydrogens (primary N) is 2. The molecule has 6 atom stereocenters. The fraction of sp³-hybridized carbons (Fsp3) is 0.889. The predicted octanol–water partition coefficient (Wildman–Crippen LogP) is 0.120. The Bertz CT molecular complexity index is 607. The molecule has 5 saturated carbocycles. The zero-order valence-electron chi connectivity index (χ0n) is 14.0. The summed E-state index contributed by atoms with van der Waals surface area (Å²) in [6, 6.07) is -0.932. The number of hydrogen-bond acceptors (Lipinski definition) is 4. The van der Waals surface area contributed by atoms with Crippen molar-refractivity contribution in [2.45, 2.75) is 75.1 Å². The number of rotatable bonds is 3. The van der Waals surface area contributed by atoms with Gasteiger partial charge in [-0.25, -0.2) is 0 Å². The Balaban J connectivity index is 1.43. The summed E-state index contributed by atoms with van der Waals surface area (Å²) in [4.78, 5) is 26.7. The largest absolute Gasteiger partial charge is 0.390 e. The lowest BCUT2D eigenvalue weighted by molar-refractivity contribution is -0.178. The first-order valence-electron chi connectivity index (χ1n) is 9.40. The molecule has 24 heavy (non-hydrogen) atoms. The molecule has 5 aliphatic carbocycles. The number of hydrogen-bond donors (Lipinski definition) is 3. The number of nitrogens with zero attached hydrogens (tertiary/aromatic N) is 1. The maximum atomic E-state index is 13.2. The lowest BCUT2D eigenvalue weighted by Gasteiger charge is -2.61. The average molecular weight is 333 g/mol. The first-order valence-corrected chi connectivity index (χ1v) is 9.40. The molecule has 0 aromatic heterocycles.